The molecule has 0 saturated carbocycles. The van der Waals surface area contributed by atoms with Gasteiger partial charge in [0, 0.05) is 12.2 Å². The Morgan fingerprint density at radius 2 is 1.81 bits per heavy atom. The van der Waals surface area contributed by atoms with Crippen molar-refractivity contribution in [3.05, 3.63) is 24.3 Å². The van der Waals surface area contributed by atoms with Crippen LogP contribution in [0.1, 0.15) is 20.3 Å². The summed E-state index contributed by atoms with van der Waals surface area (Å²) in [5.41, 5.74) is 1.15. The van der Waals surface area contributed by atoms with Gasteiger partial charge in [-0.2, -0.15) is 0 Å². The van der Waals surface area contributed by atoms with Gasteiger partial charge in [-0.3, -0.25) is 0 Å². The van der Waals surface area contributed by atoms with Crippen LogP contribution in [0.15, 0.2) is 24.3 Å². The van der Waals surface area contributed by atoms with E-state index in [1.54, 1.807) is 0 Å². The molecule has 0 amide bonds. The second-order valence-electron chi connectivity index (χ2n) is 4.07. The van der Waals surface area contributed by atoms with Crippen molar-refractivity contribution in [3.8, 4) is 5.75 Å². The first kappa shape index (κ1) is 12.8. The fraction of sp³-hybridized carbons (Fsp3) is 0.538. The van der Waals surface area contributed by atoms with Crippen LogP contribution in [0, 0.1) is 0 Å². The third-order valence-electron chi connectivity index (χ3n) is 2.16. The molecule has 0 bridgehead atoms. The number of ether oxygens (including phenoxy) is 1. The summed E-state index contributed by atoms with van der Waals surface area (Å²) in [5, 5.41) is 6.49. The summed E-state index contributed by atoms with van der Waals surface area (Å²) in [7, 11) is 1.97. The Morgan fingerprint density at radius 1 is 1.12 bits per heavy atom. The minimum atomic E-state index is 0.231. The van der Waals surface area contributed by atoms with Gasteiger partial charge >= 0.3 is 0 Å². The molecule has 90 valence electrons. The van der Waals surface area contributed by atoms with Crippen LogP contribution in [0.3, 0.4) is 0 Å². The maximum absolute atomic E-state index is 5.57. The van der Waals surface area contributed by atoms with Gasteiger partial charge in [0.05, 0.1) is 6.10 Å². The predicted octanol–water partition coefficient (Wildman–Crippen LogP) is 2.50. The van der Waals surface area contributed by atoms with Gasteiger partial charge in [-0.05, 0) is 58.1 Å². The summed E-state index contributed by atoms with van der Waals surface area (Å²) in [6.07, 6.45) is 1.36. The molecule has 1 aromatic carbocycles. The molecule has 16 heavy (non-hydrogen) atoms. The predicted molar refractivity (Wildman–Crippen MR) is 69.2 cm³/mol. The van der Waals surface area contributed by atoms with Crippen molar-refractivity contribution < 1.29 is 4.74 Å². The van der Waals surface area contributed by atoms with E-state index in [0.717, 1.165) is 30.9 Å². The van der Waals surface area contributed by atoms with Gasteiger partial charge in [-0.1, -0.05) is 0 Å². The fourth-order valence-electron chi connectivity index (χ4n) is 1.42. The first-order valence-corrected chi connectivity index (χ1v) is 5.87. The summed E-state index contributed by atoms with van der Waals surface area (Å²) >= 11 is 0. The van der Waals surface area contributed by atoms with Crippen LogP contribution in [0.2, 0.25) is 0 Å². The minimum Gasteiger partial charge on any atom is -0.491 e. The Hall–Kier alpha value is -1.22. The number of nitrogens with one attached hydrogen (secondary N) is 2. The monoisotopic (exact) mass is 222 g/mol. The molecule has 0 radical (unpaired) electrons. The highest BCUT2D eigenvalue weighted by atomic mass is 16.5. The van der Waals surface area contributed by atoms with Crippen LogP contribution >= 0.6 is 0 Å². The van der Waals surface area contributed by atoms with E-state index in [4.69, 9.17) is 4.74 Å². The molecule has 0 atom stereocenters. The molecule has 0 saturated heterocycles. The van der Waals surface area contributed by atoms with E-state index in [0.29, 0.717) is 0 Å². The van der Waals surface area contributed by atoms with Crippen molar-refractivity contribution in [3.63, 3.8) is 0 Å². The number of hydrogen-bond donors (Lipinski definition) is 2. The van der Waals surface area contributed by atoms with E-state index < -0.39 is 0 Å². The zero-order valence-corrected chi connectivity index (χ0v) is 10.4. The molecule has 1 aromatic rings. The van der Waals surface area contributed by atoms with Gasteiger partial charge in [0.2, 0.25) is 0 Å². The third-order valence-corrected chi connectivity index (χ3v) is 2.16. The summed E-state index contributed by atoms with van der Waals surface area (Å²) in [6.45, 7) is 6.10. The molecule has 1 rings (SSSR count). The lowest BCUT2D eigenvalue weighted by Crippen LogP contribution is -2.12. The quantitative estimate of drug-likeness (QED) is 0.695. The summed E-state index contributed by atoms with van der Waals surface area (Å²) < 4.78 is 5.57. The lowest BCUT2D eigenvalue weighted by Gasteiger charge is -2.11. The second kappa shape index (κ2) is 7.12. The van der Waals surface area contributed by atoms with Crippen LogP contribution < -0.4 is 15.4 Å². The number of anilines is 1. The average molecular weight is 222 g/mol. The average Bonchev–Trinajstić information content (AvgIpc) is 2.26. The topological polar surface area (TPSA) is 33.3 Å². The van der Waals surface area contributed by atoms with E-state index in [1.807, 2.05) is 33.0 Å². The fourth-order valence-corrected chi connectivity index (χ4v) is 1.42. The van der Waals surface area contributed by atoms with Gasteiger partial charge in [-0.25, -0.2) is 0 Å². The third kappa shape index (κ3) is 5.03. The number of hydrogen-bond acceptors (Lipinski definition) is 3. The molecule has 0 aliphatic heterocycles. The Labute approximate surface area is 98.2 Å². The van der Waals surface area contributed by atoms with Gasteiger partial charge in [0.1, 0.15) is 5.75 Å². The van der Waals surface area contributed by atoms with Crippen LogP contribution in [-0.2, 0) is 0 Å². The zero-order chi connectivity index (χ0) is 11.8. The Balaban J connectivity index is 2.33. The molecule has 0 aliphatic carbocycles. The SMILES string of the molecule is CNCCCNc1ccc(OC(C)C)cc1. The van der Waals surface area contributed by atoms with Crippen LogP contribution in [0.5, 0.6) is 5.75 Å². The van der Waals surface area contributed by atoms with E-state index >= 15 is 0 Å². The summed E-state index contributed by atoms with van der Waals surface area (Å²) in [6, 6.07) is 8.11. The molecule has 3 heteroatoms. The van der Waals surface area contributed by atoms with Crippen molar-refractivity contribution in [1.82, 2.24) is 5.32 Å². The van der Waals surface area contributed by atoms with Gasteiger partial charge in [0.25, 0.3) is 0 Å². The van der Waals surface area contributed by atoms with Crippen LogP contribution in [0.4, 0.5) is 5.69 Å². The minimum absolute atomic E-state index is 0.231. The molecule has 0 heterocycles. The highest BCUT2D eigenvalue weighted by Crippen LogP contribution is 2.16. The zero-order valence-electron chi connectivity index (χ0n) is 10.4. The Bertz CT molecular complexity index is 282. The van der Waals surface area contributed by atoms with Crippen molar-refractivity contribution in [2.45, 2.75) is 26.4 Å². The lowest BCUT2D eigenvalue weighted by molar-refractivity contribution is 0.242. The first-order valence-electron chi connectivity index (χ1n) is 5.87. The first-order chi connectivity index (χ1) is 7.72. The Morgan fingerprint density at radius 3 is 2.38 bits per heavy atom. The highest BCUT2D eigenvalue weighted by molar-refractivity contribution is 5.46. The van der Waals surface area contributed by atoms with Crippen LogP contribution in [0.25, 0.3) is 0 Å². The van der Waals surface area contributed by atoms with Crippen molar-refractivity contribution in [2.75, 3.05) is 25.5 Å². The van der Waals surface area contributed by atoms with E-state index in [-0.39, 0.29) is 6.10 Å². The normalized spacial score (nSPS) is 10.5. The second-order valence-corrected chi connectivity index (χ2v) is 4.07. The molecule has 3 nitrogen and oxygen atoms in total. The molecule has 0 aromatic heterocycles. The van der Waals surface area contributed by atoms with E-state index in [9.17, 15) is 0 Å². The van der Waals surface area contributed by atoms with Gasteiger partial charge in [-0.15, -0.1) is 0 Å². The molecule has 0 fully saturated rings. The van der Waals surface area contributed by atoms with Gasteiger partial charge in [0.15, 0.2) is 0 Å². The summed E-state index contributed by atoms with van der Waals surface area (Å²) in [4.78, 5) is 0. The molecule has 0 aliphatic rings. The maximum atomic E-state index is 5.57. The molecule has 2 N–H and O–H groups in total. The molecular formula is C13H22N2O. The van der Waals surface area contributed by atoms with E-state index in [1.165, 1.54) is 0 Å². The maximum Gasteiger partial charge on any atom is 0.119 e. The largest absolute Gasteiger partial charge is 0.491 e. The Kier molecular flexibility index (Phi) is 5.72. The standard InChI is InChI=1S/C13H22N2O/c1-11(2)16-13-7-5-12(6-8-13)15-10-4-9-14-3/h5-8,11,14-15H,4,9-10H2,1-3H3. The molecule has 0 spiro atoms. The van der Waals surface area contributed by atoms with Gasteiger partial charge < -0.3 is 15.4 Å². The highest BCUT2D eigenvalue weighted by Gasteiger charge is 1.97. The lowest BCUT2D eigenvalue weighted by atomic mass is 10.3. The molecular weight excluding hydrogens is 200 g/mol. The number of rotatable bonds is 7. The number of benzene rings is 1. The smallest absolute Gasteiger partial charge is 0.119 e. The summed E-state index contributed by atoms with van der Waals surface area (Å²) in [5.74, 6) is 0.927. The van der Waals surface area contributed by atoms with Crippen molar-refractivity contribution in [2.24, 2.45) is 0 Å². The van der Waals surface area contributed by atoms with E-state index in [2.05, 4.69) is 22.8 Å². The van der Waals surface area contributed by atoms with Crippen LogP contribution in [-0.4, -0.2) is 26.2 Å². The van der Waals surface area contributed by atoms with Crippen molar-refractivity contribution >= 4 is 5.69 Å². The van der Waals surface area contributed by atoms with Crippen molar-refractivity contribution in [1.29, 1.82) is 0 Å². The molecule has 0 unspecified atom stereocenters.